The number of nitrogens with one attached hydrogen (secondary N) is 2. The first-order valence-electron chi connectivity index (χ1n) is 7.95. The molecule has 0 aromatic heterocycles. The molecule has 0 atom stereocenters. The Balaban J connectivity index is 2.10. The molecule has 0 aliphatic rings. The molecule has 7 nitrogen and oxygen atoms in total. The minimum Gasteiger partial charge on any atom is -0.495 e. The molecule has 0 aliphatic heterocycles. The van der Waals surface area contributed by atoms with Gasteiger partial charge in [-0.3, -0.25) is 4.79 Å². The lowest BCUT2D eigenvalue weighted by Crippen LogP contribution is -2.24. The molecule has 0 radical (unpaired) electrons. The second-order valence-electron chi connectivity index (χ2n) is 5.87. The number of ether oxygens (including phenoxy) is 1. The lowest BCUT2D eigenvalue weighted by Gasteiger charge is -2.15. The molecule has 0 heterocycles. The predicted octanol–water partition coefficient (Wildman–Crippen LogP) is 2.30. The zero-order valence-electron chi connectivity index (χ0n) is 15.2. The van der Waals surface area contributed by atoms with Crippen molar-refractivity contribution in [2.24, 2.45) is 0 Å². The highest BCUT2D eigenvalue weighted by molar-refractivity contribution is 7.89. The van der Waals surface area contributed by atoms with Crippen molar-refractivity contribution in [3.8, 4) is 5.75 Å². The summed E-state index contributed by atoms with van der Waals surface area (Å²) in [4.78, 5) is 12.4. The van der Waals surface area contributed by atoms with Crippen LogP contribution in [0, 0.1) is 6.92 Å². The van der Waals surface area contributed by atoms with Gasteiger partial charge in [0.05, 0.1) is 24.2 Å². The molecule has 0 saturated heterocycles. The molecular formula is C18H23N3O4S. The number of hydrogen-bond acceptors (Lipinski definition) is 5. The number of para-hydroxylation sites is 2. The fraction of sp³-hybridized carbons (Fsp3) is 0.278. The van der Waals surface area contributed by atoms with Gasteiger partial charge >= 0.3 is 0 Å². The quantitative estimate of drug-likeness (QED) is 0.773. The highest BCUT2D eigenvalue weighted by atomic mass is 32.2. The summed E-state index contributed by atoms with van der Waals surface area (Å²) in [6.07, 6.45) is 0. The molecule has 2 rings (SSSR count). The highest BCUT2D eigenvalue weighted by Crippen LogP contribution is 2.24. The predicted molar refractivity (Wildman–Crippen MR) is 102 cm³/mol. The molecule has 0 fully saturated rings. The lowest BCUT2D eigenvalue weighted by atomic mass is 10.2. The number of methoxy groups -OCH3 is 1. The lowest BCUT2D eigenvalue weighted by molar-refractivity contribution is -0.114. The molecule has 0 spiro atoms. The Labute approximate surface area is 154 Å². The number of anilines is 2. The van der Waals surface area contributed by atoms with E-state index in [9.17, 15) is 13.2 Å². The second-order valence-corrected chi connectivity index (χ2v) is 8.02. The van der Waals surface area contributed by atoms with E-state index in [1.54, 1.807) is 30.3 Å². The summed E-state index contributed by atoms with van der Waals surface area (Å²) in [7, 11) is 0.945. The maximum absolute atomic E-state index is 12.3. The molecule has 140 valence electrons. The number of aryl methyl sites for hydroxylation is 1. The molecule has 0 bridgehead atoms. The average Bonchev–Trinajstić information content (AvgIpc) is 2.61. The standard InChI is InChI=1S/C18H23N3O4S/c1-13-9-10-14(26(23,24)21(2)3)11-16(13)19-12-18(22)20-15-7-5-6-8-17(15)25-4/h5-11,19H,12H2,1-4H3,(H,20,22). The maximum Gasteiger partial charge on any atom is 0.243 e. The van der Waals surface area contributed by atoms with Crippen molar-refractivity contribution in [2.75, 3.05) is 38.4 Å². The maximum atomic E-state index is 12.3. The van der Waals surface area contributed by atoms with Gasteiger partial charge in [0, 0.05) is 19.8 Å². The second kappa shape index (κ2) is 8.20. The highest BCUT2D eigenvalue weighted by Gasteiger charge is 2.18. The van der Waals surface area contributed by atoms with Crippen LogP contribution in [0.4, 0.5) is 11.4 Å². The van der Waals surface area contributed by atoms with Crippen LogP contribution in [0.15, 0.2) is 47.4 Å². The summed E-state index contributed by atoms with van der Waals surface area (Å²) in [5.41, 5.74) is 2.00. The first kappa shape index (κ1) is 19.7. The summed E-state index contributed by atoms with van der Waals surface area (Å²) in [5.74, 6) is 0.297. The van der Waals surface area contributed by atoms with Gasteiger partial charge in [-0.15, -0.1) is 0 Å². The van der Waals surface area contributed by atoms with E-state index in [4.69, 9.17) is 4.74 Å². The van der Waals surface area contributed by atoms with Crippen LogP contribution in [0.3, 0.4) is 0 Å². The van der Waals surface area contributed by atoms with E-state index in [1.807, 2.05) is 13.0 Å². The number of carbonyl (C=O) groups excluding carboxylic acids is 1. The van der Waals surface area contributed by atoms with Crippen molar-refractivity contribution >= 4 is 27.3 Å². The number of hydrogen-bond donors (Lipinski definition) is 2. The number of nitrogens with zero attached hydrogens (tertiary/aromatic N) is 1. The molecule has 0 saturated carbocycles. The molecule has 8 heteroatoms. The third-order valence-electron chi connectivity index (χ3n) is 3.81. The normalized spacial score (nSPS) is 11.3. The summed E-state index contributed by atoms with van der Waals surface area (Å²) in [5, 5.41) is 5.75. The monoisotopic (exact) mass is 377 g/mol. The van der Waals surface area contributed by atoms with Gasteiger partial charge in [-0.25, -0.2) is 12.7 Å². The van der Waals surface area contributed by atoms with Gasteiger partial charge in [-0.05, 0) is 36.8 Å². The Hall–Kier alpha value is -2.58. The number of rotatable bonds is 7. The summed E-state index contributed by atoms with van der Waals surface area (Å²) in [6, 6.07) is 11.9. The number of benzene rings is 2. The number of carbonyl (C=O) groups is 1. The zero-order valence-corrected chi connectivity index (χ0v) is 16.1. The Morgan fingerprint density at radius 3 is 2.46 bits per heavy atom. The Bertz CT molecular complexity index is 895. The van der Waals surface area contributed by atoms with Gasteiger partial charge in [-0.2, -0.15) is 0 Å². The van der Waals surface area contributed by atoms with Crippen LogP contribution in [0.2, 0.25) is 0 Å². The zero-order chi connectivity index (χ0) is 19.3. The van der Waals surface area contributed by atoms with Crippen LogP contribution in [-0.4, -0.2) is 46.4 Å². The molecule has 26 heavy (non-hydrogen) atoms. The van der Waals surface area contributed by atoms with Gasteiger partial charge in [-0.1, -0.05) is 18.2 Å². The molecule has 1 amide bonds. The van der Waals surface area contributed by atoms with Gasteiger partial charge in [0.25, 0.3) is 0 Å². The van der Waals surface area contributed by atoms with Gasteiger partial charge in [0.1, 0.15) is 5.75 Å². The van der Waals surface area contributed by atoms with Crippen molar-refractivity contribution in [3.63, 3.8) is 0 Å². The van der Waals surface area contributed by atoms with E-state index >= 15 is 0 Å². The van der Waals surface area contributed by atoms with Crippen molar-refractivity contribution in [1.29, 1.82) is 0 Å². The van der Waals surface area contributed by atoms with E-state index in [0.717, 1.165) is 9.87 Å². The van der Waals surface area contributed by atoms with E-state index in [1.165, 1.54) is 27.3 Å². The van der Waals surface area contributed by atoms with Crippen molar-refractivity contribution in [1.82, 2.24) is 4.31 Å². The van der Waals surface area contributed by atoms with Crippen LogP contribution in [0.1, 0.15) is 5.56 Å². The minimum atomic E-state index is -3.54. The van der Waals surface area contributed by atoms with Crippen molar-refractivity contribution in [2.45, 2.75) is 11.8 Å². The first-order valence-corrected chi connectivity index (χ1v) is 9.39. The number of amides is 1. The van der Waals surface area contributed by atoms with Gasteiger partial charge in [0.2, 0.25) is 15.9 Å². The average molecular weight is 377 g/mol. The third-order valence-corrected chi connectivity index (χ3v) is 5.62. The Morgan fingerprint density at radius 2 is 1.81 bits per heavy atom. The molecule has 0 aliphatic carbocycles. The number of sulfonamides is 1. The van der Waals surface area contributed by atoms with Crippen LogP contribution < -0.4 is 15.4 Å². The van der Waals surface area contributed by atoms with E-state index in [2.05, 4.69) is 10.6 Å². The smallest absolute Gasteiger partial charge is 0.243 e. The summed E-state index contributed by atoms with van der Waals surface area (Å²) >= 11 is 0. The molecule has 0 unspecified atom stereocenters. The largest absolute Gasteiger partial charge is 0.495 e. The SMILES string of the molecule is COc1ccccc1NC(=O)CNc1cc(S(=O)(=O)N(C)C)ccc1C. The Morgan fingerprint density at radius 1 is 1.12 bits per heavy atom. The van der Waals surface area contributed by atoms with Gasteiger partial charge in [0.15, 0.2) is 0 Å². The van der Waals surface area contributed by atoms with Crippen LogP contribution in [0.5, 0.6) is 5.75 Å². The van der Waals surface area contributed by atoms with Crippen molar-refractivity contribution in [3.05, 3.63) is 48.0 Å². The molecular weight excluding hydrogens is 354 g/mol. The molecule has 2 N–H and O–H groups in total. The fourth-order valence-corrected chi connectivity index (χ4v) is 3.21. The summed E-state index contributed by atoms with van der Waals surface area (Å²) in [6.45, 7) is 1.83. The van der Waals surface area contributed by atoms with E-state index in [-0.39, 0.29) is 17.3 Å². The van der Waals surface area contributed by atoms with Crippen LogP contribution in [-0.2, 0) is 14.8 Å². The topological polar surface area (TPSA) is 87.7 Å². The molecule has 2 aromatic rings. The van der Waals surface area contributed by atoms with E-state index in [0.29, 0.717) is 17.1 Å². The fourth-order valence-electron chi connectivity index (χ4n) is 2.28. The van der Waals surface area contributed by atoms with Gasteiger partial charge < -0.3 is 15.4 Å². The first-order chi connectivity index (χ1) is 12.3. The van der Waals surface area contributed by atoms with Crippen LogP contribution >= 0.6 is 0 Å². The summed E-state index contributed by atoms with van der Waals surface area (Å²) < 4.78 is 30.8. The Kier molecular flexibility index (Phi) is 6.23. The van der Waals surface area contributed by atoms with Crippen molar-refractivity contribution < 1.29 is 17.9 Å². The third kappa shape index (κ3) is 4.53. The van der Waals surface area contributed by atoms with Crippen LogP contribution in [0.25, 0.3) is 0 Å². The molecule has 2 aromatic carbocycles. The van der Waals surface area contributed by atoms with E-state index < -0.39 is 10.0 Å². The minimum absolute atomic E-state index is 0.00957.